The Labute approximate surface area is 161 Å². The smallest absolute Gasteiger partial charge is 0.234 e. The van der Waals surface area contributed by atoms with E-state index in [0.717, 1.165) is 37.4 Å². The minimum Gasteiger partial charge on any atom is -0.506 e. The summed E-state index contributed by atoms with van der Waals surface area (Å²) >= 11 is 0. The minimum absolute atomic E-state index is 0.000597. The quantitative estimate of drug-likeness (QED) is 0.853. The van der Waals surface area contributed by atoms with Crippen LogP contribution in [-0.2, 0) is 4.79 Å². The molecule has 5 nitrogen and oxygen atoms in total. The summed E-state index contributed by atoms with van der Waals surface area (Å²) in [5, 5.41) is 13.1. The molecule has 1 fully saturated rings. The number of hydrogen-bond donors (Lipinski definition) is 2. The van der Waals surface area contributed by atoms with E-state index in [1.807, 2.05) is 25.1 Å². The minimum atomic E-state index is -0.000597. The van der Waals surface area contributed by atoms with Crippen molar-refractivity contribution in [3.05, 3.63) is 59.2 Å². The molecule has 2 aromatic rings. The van der Waals surface area contributed by atoms with E-state index in [9.17, 15) is 9.90 Å². The summed E-state index contributed by atoms with van der Waals surface area (Å²) in [7, 11) is 0. The number of aryl methyl sites for hydroxylation is 2. The molecule has 1 aliphatic heterocycles. The molecule has 0 aromatic heterocycles. The van der Waals surface area contributed by atoms with E-state index in [1.54, 1.807) is 6.07 Å². The molecule has 27 heavy (non-hydrogen) atoms. The molecule has 2 N–H and O–H groups in total. The van der Waals surface area contributed by atoms with Gasteiger partial charge in [0.2, 0.25) is 5.91 Å². The number of phenolic OH excluding ortho intramolecular Hbond substituents is 1. The number of nitrogens with one attached hydrogen (secondary N) is 1. The molecule has 0 bridgehead atoms. The highest BCUT2D eigenvalue weighted by Gasteiger charge is 2.21. The fraction of sp³-hybridized carbons (Fsp3) is 0.409. The molecule has 5 heteroatoms. The van der Waals surface area contributed by atoms with Gasteiger partial charge in [-0.1, -0.05) is 30.3 Å². The van der Waals surface area contributed by atoms with Crippen molar-refractivity contribution in [2.45, 2.75) is 26.8 Å². The number of carbonyl (C=O) groups excluding carboxylic acids is 1. The Hall–Kier alpha value is -2.53. The van der Waals surface area contributed by atoms with Crippen molar-refractivity contribution in [3.63, 3.8) is 0 Å². The number of nitrogens with zero attached hydrogens (tertiary/aromatic N) is 2. The number of anilines is 1. The standard InChI is InChI=1S/C22H29N3O2/c1-16-8-9-19(14-17(16)2)18(3)23-22(27)15-24-10-12-25(13-11-24)20-6-4-5-7-21(20)26/h4-9,14,18,26H,10-13,15H2,1-3H3,(H,23,27). The van der Waals surface area contributed by atoms with Crippen LogP contribution < -0.4 is 10.2 Å². The highest BCUT2D eigenvalue weighted by Crippen LogP contribution is 2.27. The van der Waals surface area contributed by atoms with E-state index in [4.69, 9.17) is 0 Å². The van der Waals surface area contributed by atoms with Gasteiger partial charge in [0.05, 0.1) is 18.3 Å². The van der Waals surface area contributed by atoms with Crippen LogP contribution in [0, 0.1) is 13.8 Å². The Morgan fingerprint density at radius 1 is 1.07 bits per heavy atom. The lowest BCUT2D eigenvalue weighted by Gasteiger charge is -2.36. The van der Waals surface area contributed by atoms with Gasteiger partial charge in [0.25, 0.3) is 0 Å². The largest absolute Gasteiger partial charge is 0.506 e. The van der Waals surface area contributed by atoms with E-state index >= 15 is 0 Å². The Morgan fingerprint density at radius 3 is 2.44 bits per heavy atom. The molecule has 3 rings (SSSR count). The zero-order valence-corrected chi connectivity index (χ0v) is 16.4. The first-order chi connectivity index (χ1) is 12.9. The summed E-state index contributed by atoms with van der Waals surface area (Å²) in [6.07, 6.45) is 0. The van der Waals surface area contributed by atoms with E-state index < -0.39 is 0 Å². The van der Waals surface area contributed by atoms with E-state index in [2.05, 4.69) is 47.2 Å². The monoisotopic (exact) mass is 367 g/mol. The second-order valence-corrected chi connectivity index (χ2v) is 7.38. The van der Waals surface area contributed by atoms with Crippen LogP contribution in [0.25, 0.3) is 0 Å². The lowest BCUT2D eigenvalue weighted by Crippen LogP contribution is -2.49. The number of rotatable bonds is 5. The molecule has 1 aliphatic rings. The first kappa shape index (κ1) is 19.2. The van der Waals surface area contributed by atoms with Gasteiger partial charge in [-0.15, -0.1) is 0 Å². The first-order valence-corrected chi connectivity index (χ1v) is 9.56. The molecule has 1 heterocycles. The predicted molar refractivity (Wildman–Crippen MR) is 109 cm³/mol. The Morgan fingerprint density at radius 2 is 1.78 bits per heavy atom. The molecule has 1 unspecified atom stereocenters. The van der Waals surface area contributed by atoms with Crippen molar-refractivity contribution in [2.75, 3.05) is 37.6 Å². The van der Waals surface area contributed by atoms with Crippen molar-refractivity contribution in [2.24, 2.45) is 0 Å². The van der Waals surface area contributed by atoms with E-state index in [1.165, 1.54) is 11.1 Å². The van der Waals surface area contributed by atoms with Crippen LogP contribution in [-0.4, -0.2) is 48.6 Å². The lowest BCUT2D eigenvalue weighted by molar-refractivity contribution is -0.123. The van der Waals surface area contributed by atoms with Gasteiger partial charge in [0, 0.05) is 26.2 Å². The van der Waals surface area contributed by atoms with Crippen molar-refractivity contribution in [3.8, 4) is 5.75 Å². The zero-order valence-electron chi connectivity index (χ0n) is 16.4. The van der Waals surface area contributed by atoms with Gasteiger partial charge in [-0.3, -0.25) is 9.69 Å². The summed E-state index contributed by atoms with van der Waals surface area (Å²) in [5.41, 5.74) is 4.51. The predicted octanol–water partition coefficient (Wildman–Crippen LogP) is 3.01. The molecule has 0 spiro atoms. The third kappa shape index (κ3) is 4.80. The number of piperazine rings is 1. The Balaban J connectivity index is 1.49. The van der Waals surface area contributed by atoms with Gasteiger partial charge >= 0.3 is 0 Å². The fourth-order valence-corrected chi connectivity index (χ4v) is 3.49. The Kier molecular flexibility index (Phi) is 6.01. The number of aromatic hydroxyl groups is 1. The van der Waals surface area contributed by atoms with Crippen molar-refractivity contribution in [1.29, 1.82) is 0 Å². The van der Waals surface area contributed by atoms with Gasteiger partial charge in [0.1, 0.15) is 5.75 Å². The van der Waals surface area contributed by atoms with Crippen molar-refractivity contribution in [1.82, 2.24) is 10.2 Å². The van der Waals surface area contributed by atoms with Gasteiger partial charge in [-0.25, -0.2) is 0 Å². The van der Waals surface area contributed by atoms with Gasteiger partial charge < -0.3 is 15.3 Å². The molecule has 144 valence electrons. The molecular weight excluding hydrogens is 338 g/mol. The molecule has 0 aliphatic carbocycles. The summed E-state index contributed by atoms with van der Waals surface area (Å²) in [5.74, 6) is 0.364. The number of amides is 1. The molecule has 1 saturated heterocycles. The maximum Gasteiger partial charge on any atom is 0.234 e. The van der Waals surface area contributed by atoms with Crippen LogP contribution in [0.5, 0.6) is 5.75 Å². The van der Waals surface area contributed by atoms with Crippen LogP contribution in [0.3, 0.4) is 0 Å². The normalized spacial score (nSPS) is 16.2. The van der Waals surface area contributed by atoms with E-state index in [-0.39, 0.29) is 11.9 Å². The van der Waals surface area contributed by atoms with Crippen LogP contribution in [0.15, 0.2) is 42.5 Å². The summed E-state index contributed by atoms with van der Waals surface area (Å²) in [6.45, 7) is 9.84. The van der Waals surface area contributed by atoms with Crippen LogP contribution in [0.1, 0.15) is 29.7 Å². The van der Waals surface area contributed by atoms with E-state index in [0.29, 0.717) is 12.3 Å². The first-order valence-electron chi connectivity index (χ1n) is 9.56. The third-order valence-electron chi connectivity index (χ3n) is 5.37. The SMILES string of the molecule is Cc1ccc(C(C)NC(=O)CN2CCN(c3ccccc3O)CC2)cc1C. The van der Waals surface area contributed by atoms with Gasteiger partial charge in [-0.05, 0) is 49.6 Å². The van der Waals surface area contributed by atoms with Crippen molar-refractivity contribution < 1.29 is 9.90 Å². The average molecular weight is 367 g/mol. The number of para-hydroxylation sites is 2. The molecule has 1 amide bonds. The molecule has 1 atom stereocenters. The Bertz CT molecular complexity index is 798. The second kappa shape index (κ2) is 8.44. The molecule has 2 aromatic carbocycles. The van der Waals surface area contributed by atoms with Gasteiger partial charge in [0.15, 0.2) is 0 Å². The summed E-state index contributed by atoms with van der Waals surface area (Å²) in [4.78, 5) is 16.8. The number of phenols is 1. The van der Waals surface area contributed by atoms with Gasteiger partial charge in [-0.2, -0.15) is 0 Å². The lowest BCUT2D eigenvalue weighted by atomic mass is 10.0. The maximum atomic E-state index is 12.4. The fourth-order valence-electron chi connectivity index (χ4n) is 3.49. The number of hydrogen-bond acceptors (Lipinski definition) is 4. The number of carbonyl (C=O) groups is 1. The van der Waals surface area contributed by atoms with Crippen molar-refractivity contribution >= 4 is 11.6 Å². The summed E-state index contributed by atoms with van der Waals surface area (Å²) in [6, 6.07) is 13.7. The average Bonchev–Trinajstić information content (AvgIpc) is 2.65. The second-order valence-electron chi connectivity index (χ2n) is 7.38. The highest BCUT2D eigenvalue weighted by molar-refractivity contribution is 5.78. The van der Waals surface area contributed by atoms with Crippen LogP contribution in [0.2, 0.25) is 0 Å². The van der Waals surface area contributed by atoms with Crippen LogP contribution in [0.4, 0.5) is 5.69 Å². The molecular formula is C22H29N3O2. The zero-order chi connectivity index (χ0) is 19.4. The third-order valence-corrected chi connectivity index (χ3v) is 5.37. The maximum absolute atomic E-state index is 12.4. The summed E-state index contributed by atoms with van der Waals surface area (Å²) < 4.78 is 0. The highest BCUT2D eigenvalue weighted by atomic mass is 16.3. The molecule has 0 saturated carbocycles. The topological polar surface area (TPSA) is 55.8 Å². The number of benzene rings is 2. The molecule has 0 radical (unpaired) electrons. The van der Waals surface area contributed by atoms with Crippen LogP contribution >= 0.6 is 0 Å².